The average Bonchev–Trinajstić information content (AvgIpc) is 2.65. The van der Waals surface area contributed by atoms with Crippen LogP contribution in [0.25, 0.3) is 0 Å². The van der Waals surface area contributed by atoms with Gasteiger partial charge in [0, 0.05) is 12.1 Å². The van der Waals surface area contributed by atoms with Crippen LogP contribution in [-0.4, -0.2) is 26.6 Å². The molecule has 0 radical (unpaired) electrons. The van der Waals surface area contributed by atoms with Crippen molar-refractivity contribution in [2.75, 3.05) is 13.2 Å². The van der Waals surface area contributed by atoms with Crippen molar-refractivity contribution in [1.29, 1.82) is 0 Å². The summed E-state index contributed by atoms with van der Waals surface area (Å²) in [5.41, 5.74) is -0.247. The number of ether oxygens (including phenoxy) is 2. The summed E-state index contributed by atoms with van der Waals surface area (Å²) in [4.78, 5) is 9.57. The Kier molecular flexibility index (Phi) is 5.52. The maximum Gasteiger partial charge on any atom is 0.306 e. The van der Waals surface area contributed by atoms with Crippen molar-refractivity contribution in [3.8, 4) is 11.5 Å². The Labute approximate surface area is 161 Å². The SMILES string of the molecule is CC(C)[C@H](NS(=O)(=O)c1ccc(F)c([N+](=O)[O-])c1)c1ccc2c(c1)OCCO2. The van der Waals surface area contributed by atoms with Gasteiger partial charge in [-0.1, -0.05) is 19.9 Å². The third-order valence-electron chi connectivity index (χ3n) is 4.30. The first-order valence-corrected chi connectivity index (χ1v) is 10.0. The first-order chi connectivity index (χ1) is 13.2. The number of rotatable bonds is 6. The second-order valence-corrected chi connectivity index (χ2v) is 8.33. The van der Waals surface area contributed by atoms with Crippen molar-refractivity contribution in [2.24, 2.45) is 5.92 Å². The highest BCUT2D eigenvalue weighted by molar-refractivity contribution is 7.89. The maximum atomic E-state index is 13.5. The maximum absolute atomic E-state index is 13.5. The van der Waals surface area contributed by atoms with Gasteiger partial charge < -0.3 is 9.47 Å². The third kappa shape index (κ3) is 4.07. The summed E-state index contributed by atoms with van der Waals surface area (Å²) in [6, 6.07) is 6.97. The summed E-state index contributed by atoms with van der Waals surface area (Å²) >= 11 is 0. The van der Waals surface area contributed by atoms with Crippen molar-refractivity contribution in [3.63, 3.8) is 0 Å². The second-order valence-electron chi connectivity index (χ2n) is 6.62. The number of nitrogens with one attached hydrogen (secondary N) is 1. The van der Waals surface area contributed by atoms with Gasteiger partial charge in [-0.2, -0.15) is 4.39 Å². The average molecular weight is 410 g/mol. The number of nitro benzene ring substituents is 1. The van der Waals surface area contributed by atoms with Gasteiger partial charge >= 0.3 is 5.69 Å². The van der Waals surface area contributed by atoms with E-state index in [4.69, 9.17) is 9.47 Å². The molecule has 0 amide bonds. The number of hydrogen-bond acceptors (Lipinski definition) is 6. The Balaban J connectivity index is 1.94. The van der Waals surface area contributed by atoms with E-state index in [1.165, 1.54) is 0 Å². The summed E-state index contributed by atoms with van der Waals surface area (Å²) in [5, 5.41) is 10.9. The molecule has 3 rings (SSSR count). The van der Waals surface area contributed by atoms with E-state index in [9.17, 15) is 22.9 Å². The predicted molar refractivity (Wildman–Crippen MR) is 98.4 cm³/mol. The number of nitrogens with zero attached hydrogens (tertiary/aromatic N) is 1. The van der Waals surface area contributed by atoms with Gasteiger partial charge in [0.1, 0.15) is 13.2 Å². The Morgan fingerprint density at radius 3 is 2.43 bits per heavy atom. The zero-order valence-corrected chi connectivity index (χ0v) is 16.0. The lowest BCUT2D eigenvalue weighted by molar-refractivity contribution is -0.387. The van der Waals surface area contributed by atoms with Crippen LogP contribution in [-0.2, 0) is 10.0 Å². The second kappa shape index (κ2) is 7.72. The largest absolute Gasteiger partial charge is 0.486 e. The van der Waals surface area contributed by atoms with Crippen LogP contribution in [0, 0.1) is 21.8 Å². The van der Waals surface area contributed by atoms with Crippen molar-refractivity contribution < 1.29 is 27.2 Å². The molecule has 0 spiro atoms. The van der Waals surface area contributed by atoms with Gasteiger partial charge in [0.15, 0.2) is 11.5 Å². The molecule has 1 atom stereocenters. The zero-order valence-electron chi connectivity index (χ0n) is 15.2. The zero-order chi connectivity index (χ0) is 20.5. The molecule has 1 aliphatic heterocycles. The smallest absolute Gasteiger partial charge is 0.306 e. The first kappa shape index (κ1) is 20.0. The van der Waals surface area contributed by atoms with E-state index >= 15 is 0 Å². The number of benzene rings is 2. The number of fused-ring (bicyclic) bond motifs is 1. The lowest BCUT2D eigenvalue weighted by atomic mass is 9.97. The molecular weight excluding hydrogens is 391 g/mol. The molecule has 2 aromatic carbocycles. The van der Waals surface area contributed by atoms with Gasteiger partial charge in [-0.3, -0.25) is 10.1 Å². The van der Waals surface area contributed by atoms with Crippen LogP contribution < -0.4 is 14.2 Å². The Hall–Kier alpha value is -2.72. The van der Waals surface area contributed by atoms with Gasteiger partial charge in [0.2, 0.25) is 15.8 Å². The van der Waals surface area contributed by atoms with Gasteiger partial charge in [0.05, 0.1) is 9.82 Å². The lowest BCUT2D eigenvalue weighted by Crippen LogP contribution is -2.32. The van der Waals surface area contributed by atoms with Crippen molar-refractivity contribution in [3.05, 3.63) is 57.9 Å². The standard InChI is InChI=1S/C18H19FN2O6S/c1-11(2)18(12-3-6-16-17(9-12)27-8-7-26-16)20-28(24,25)13-4-5-14(19)15(10-13)21(22)23/h3-6,9-11,18,20H,7-8H2,1-2H3/t18-/m0/s1. The van der Waals surface area contributed by atoms with E-state index in [-0.39, 0.29) is 10.8 Å². The molecule has 1 heterocycles. The minimum Gasteiger partial charge on any atom is -0.486 e. The van der Waals surface area contributed by atoms with Crippen LogP contribution in [0.5, 0.6) is 11.5 Å². The molecule has 1 N–H and O–H groups in total. The third-order valence-corrected chi connectivity index (χ3v) is 5.74. The summed E-state index contributed by atoms with van der Waals surface area (Å²) in [7, 11) is -4.14. The van der Waals surface area contributed by atoms with Crippen molar-refractivity contribution in [1.82, 2.24) is 4.72 Å². The van der Waals surface area contributed by atoms with Gasteiger partial charge in [-0.05, 0) is 35.7 Å². The van der Waals surface area contributed by atoms with E-state index in [1.54, 1.807) is 18.2 Å². The molecule has 28 heavy (non-hydrogen) atoms. The van der Waals surface area contributed by atoms with Crippen LogP contribution in [0.15, 0.2) is 41.3 Å². The molecule has 8 nitrogen and oxygen atoms in total. The number of hydrogen-bond donors (Lipinski definition) is 1. The highest BCUT2D eigenvalue weighted by Gasteiger charge is 2.27. The highest BCUT2D eigenvalue weighted by atomic mass is 32.2. The van der Waals surface area contributed by atoms with Crippen LogP contribution >= 0.6 is 0 Å². The molecule has 0 aliphatic carbocycles. The van der Waals surface area contributed by atoms with E-state index in [2.05, 4.69) is 4.72 Å². The van der Waals surface area contributed by atoms with E-state index in [0.717, 1.165) is 12.1 Å². The molecule has 0 unspecified atom stereocenters. The fraction of sp³-hybridized carbons (Fsp3) is 0.333. The monoisotopic (exact) mass is 410 g/mol. The minimum atomic E-state index is -4.14. The van der Waals surface area contributed by atoms with Gasteiger partial charge in [0.25, 0.3) is 0 Å². The van der Waals surface area contributed by atoms with Crippen LogP contribution in [0.4, 0.5) is 10.1 Å². The topological polar surface area (TPSA) is 108 Å². The van der Waals surface area contributed by atoms with Gasteiger partial charge in [-0.25, -0.2) is 13.1 Å². The number of sulfonamides is 1. The number of nitro groups is 1. The van der Waals surface area contributed by atoms with E-state index in [0.29, 0.717) is 36.3 Å². The van der Waals surface area contributed by atoms with Crippen LogP contribution in [0.3, 0.4) is 0 Å². The molecule has 2 aromatic rings. The predicted octanol–water partition coefficient (Wildman–Crippen LogP) is 3.18. The molecule has 10 heteroatoms. The normalized spacial score (nSPS) is 14.7. The quantitative estimate of drug-likeness (QED) is 0.579. The van der Waals surface area contributed by atoms with Crippen molar-refractivity contribution in [2.45, 2.75) is 24.8 Å². The molecule has 1 aliphatic rings. The minimum absolute atomic E-state index is 0.146. The van der Waals surface area contributed by atoms with Crippen LogP contribution in [0.2, 0.25) is 0 Å². The Morgan fingerprint density at radius 2 is 1.79 bits per heavy atom. The summed E-state index contributed by atoms with van der Waals surface area (Å²) in [6.45, 7) is 4.50. The van der Waals surface area contributed by atoms with E-state index < -0.39 is 32.5 Å². The number of halogens is 1. The lowest BCUT2D eigenvalue weighted by Gasteiger charge is -2.25. The van der Waals surface area contributed by atoms with Crippen LogP contribution in [0.1, 0.15) is 25.5 Å². The van der Waals surface area contributed by atoms with E-state index in [1.807, 2.05) is 13.8 Å². The van der Waals surface area contributed by atoms with Crippen molar-refractivity contribution >= 4 is 15.7 Å². The molecule has 0 saturated heterocycles. The highest BCUT2D eigenvalue weighted by Crippen LogP contribution is 2.35. The van der Waals surface area contributed by atoms with Gasteiger partial charge in [-0.15, -0.1) is 0 Å². The molecule has 0 fully saturated rings. The summed E-state index contributed by atoms with van der Waals surface area (Å²) in [6.07, 6.45) is 0. The molecule has 0 bridgehead atoms. The summed E-state index contributed by atoms with van der Waals surface area (Å²) < 4.78 is 52.7. The Morgan fingerprint density at radius 1 is 1.11 bits per heavy atom. The fourth-order valence-electron chi connectivity index (χ4n) is 2.88. The Bertz CT molecular complexity index is 1010. The molecule has 0 saturated carbocycles. The molecule has 0 aromatic heterocycles. The first-order valence-electron chi connectivity index (χ1n) is 8.55. The molecule has 150 valence electrons. The summed E-state index contributed by atoms with van der Waals surface area (Å²) in [5.74, 6) is -0.149. The fourth-order valence-corrected chi connectivity index (χ4v) is 4.27. The molecular formula is C18H19FN2O6S.